The molecule has 0 saturated carbocycles. The van der Waals surface area contributed by atoms with Crippen LogP contribution in [0.3, 0.4) is 0 Å². The molecule has 0 aliphatic carbocycles. The summed E-state index contributed by atoms with van der Waals surface area (Å²) in [5.41, 5.74) is 0. The lowest BCUT2D eigenvalue weighted by Crippen LogP contribution is -2.41. The van der Waals surface area contributed by atoms with Crippen LogP contribution in [0.4, 0.5) is 0 Å². The molecule has 0 N–H and O–H groups in total. The van der Waals surface area contributed by atoms with Crippen LogP contribution >= 0.6 is 0 Å². The lowest BCUT2D eigenvalue weighted by Gasteiger charge is -2.34. The van der Waals surface area contributed by atoms with Gasteiger partial charge in [-0.15, -0.1) is 0 Å². The minimum Gasteiger partial charge on any atom is -0.384 e. The Morgan fingerprint density at radius 3 is 2.07 bits per heavy atom. The Labute approximate surface area is 95.2 Å². The average molecular weight is 234 g/mol. The third kappa shape index (κ3) is 5.66. The van der Waals surface area contributed by atoms with Gasteiger partial charge < -0.3 is 4.74 Å². The van der Waals surface area contributed by atoms with Crippen LogP contribution in [0, 0.1) is 5.92 Å². The van der Waals surface area contributed by atoms with E-state index >= 15 is 0 Å². The molecular formula is C11H26O3Si. The van der Waals surface area contributed by atoms with Gasteiger partial charge in [-0.2, -0.15) is 0 Å². The Hall–Kier alpha value is 0.0969. The van der Waals surface area contributed by atoms with E-state index in [0.717, 1.165) is 0 Å². The van der Waals surface area contributed by atoms with Crippen LogP contribution in [-0.4, -0.2) is 28.6 Å². The molecule has 4 heteroatoms. The minimum absolute atomic E-state index is 0.192. The molecule has 0 amide bonds. The monoisotopic (exact) mass is 234 g/mol. The fraction of sp³-hybridized carbons (Fsp3) is 1.00. The highest BCUT2D eigenvalue weighted by atomic mass is 28.4. The standard InChI is InChI=1S/C11H26O3Si/c1-10(8-12-5)9-13-14-15(6,7)11(2,3)4/h10H,8-9H2,1-7H3. The third-order valence-corrected chi connectivity index (χ3v) is 7.02. The van der Waals surface area contributed by atoms with E-state index in [1.54, 1.807) is 7.11 Å². The summed E-state index contributed by atoms with van der Waals surface area (Å²) >= 11 is 0. The van der Waals surface area contributed by atoms with Gasteiger partial charge in [0.25, 0.3) is 0 Å². The van der Waals surface area contributed by atoms with Crippen molar-refractivity contribution in [2.45, 2.75) is 45.8 Å². The molecule has 0 aromatic carbocycles. The van der Waals surface area contributed by atoms with E-state index in [2.05, 4.69) is 40.8 Å². The van der Waals surface area contributed by atoms with Crippen molar-refractivity contribution in [3.05, 3.63) is 0 Å². The molecular weight excluding hydrogens is 208 g/mol. The van der Waals surface area contributed by atoms with Gasteiger partial charge in [0.2, 0.25) is 8.32 Å². The zero-order chi connectivity index (χ0) is 12.1. The van der Waals surface area contributed by atoms with Gasteiger partial charge in [0, 0.05) is 13.0 Å². The molecule has 0 saturated heterocycles. The van der Waals surface area contributed by atoms with Crippen LogP contribution in [0.15, 0.2) is 0 Å². The Morgan fingerprint density at radius 2 is 1.67 bits per heavy atom. The molecule has 0 fully saturated rings. The summed E-state index contributed by atoms with van der Waals surface area (Å²) in [7, 11) is -0.0581. The van der Waals surface area contributed by atoms with E-state index < -0.39 is 8.32 Å². The zero-order valence-electron chi connectivity index (χ0n) is 11.2. The smallest absolute Gasteiger partial charge is 0.238 e. The summed E-state index contributed by atoms with van der Waals surface area (Å²) in [6.07, 6.45) is 0. The van der Waals surface area contributed by atoms with E-state index in [1.807, 2.05) is 0 Å². The molecule has 3 nitrogen and oxygen atoms in total. The van der Waals surface area contributed by atoms with E-state index in [1.165, 1.54) is 0 Å². The van der Waals surface area contributed by atoms with Crippen molar-refractivity contribution in [2.75, 3.05) is 20.3 Å². The highest BCUT2D eigenvalue weighted by Crippen LogP contribution is 2.36. The van der Waals surface area contributed by atoms with Gasteiger partial charge in [-0.05, 0) is 18.1 Å². The summed E-state index contributed by atoms with van der Waals surface area (Å²) in [6.45, 7) is 14.3. The molecule has 0 aliphatic heterocycles. The van der Waals surface area contributed by atoms with E-state index in [-0.39, 0.29) is 5.04 Å². The molecule has 1 atom stereocenters. The number of hydrogen-bond donors (Lipinski definition) is 0. The van der Waals surface area contributed by atoms with Crippen LogP contribution < -0.4 is 0 Å². The van der Waals surface area contributed by atoms with Crippen molar-refractivity contribution in [2.24, 2.45) is 5.92 Å². The molecule has 0 bridgehead atoms. The molecule has 0 rings (SSSR count). The summed E-state index contributed by atoms with van der Waals surface area (Å²) < 4.78 is 10.6. The first kappa shape index (κ1) is 15.1. The first-order valence-corrected chi connectivity index (χ1v) is 8.41. The molecule has 0 spiro atoms. The van der Waals surface area contributed by atoms with Crippen molar-refractivity contribution in [3.8, 4) is 0 Å². The average Bonchev–Trinajstić information content (AvgIpc) is 2.01. The van der Waals surface area contributed by atoms with Crippen LogP contribution in [0.1, 0.15) is 27.7 Å². The maximum absolute atomic E-state index is 5.59. The maximum atomic E-state index is 5.59. The van der Waals surface area contributed by atoms with E-state index in [9.17, 15) is 0 Å². The third-order valence-electron chi connectivity index (χ3n) is 2.88. The lowest BCUT2D eigenvalue weighted by molar-refractivity contribution is -0.231. The molecule has 1 unspecified atom stereocenters. The Morgan fingerprint density at radius 1 is 1.13 bits per heavy atom. The second-order valence-electron chi connectivity index (χ2n) is 5.69. The first-order chi connectivity index (χ1) is 6.70. The van der Waals surface area contributed by atoms with Crippen molar-refractivity contribution in [3.63, 3.8) is 0 Å². The number of hydrogen-bond acceptors (Lipinski definition) is 3. The fourth-order valence-corrected chi connectivity index (χ4v) is 1.37. The predicted octanol–water partition coefficient (Wildman–Crippen LogP) is 3.22. The summed E-state index contributed by atoms with van der Waals surface area (Å²) in [5, 5.41) is 0.192. The topological polar surface area (TPSA) is 27.7 Å². The van der Waals surface area contributed by atoms with Crippen molar-refractivity contribution in [1.29, 1.82) is 0 Å². The molecule has 0 aromatic rings. The number of methoxy groups -OCH3 is 1. The SMILES string of the molecule is COCC(C)COO[Si](C)(C)C(C)(C)C. The van der Waals surface area contributed by atoms with Crippen LogP contribution in [0.25, 0.3) is 0 Å². The molecule has 0 radical (unpaired) electrons. The quantitative estimate of drug-likeness (QED) is 0.401. The van der Waals surface area contributed by atoms with Crippen LogP contribution in [0.2, 0.25) is 18.1 Å². The van der Waals surface area contributed by atoms with Crippen molar-refractivity contribution < 1.29 is 14.2 Å². The first-order valence-electron chi connectivity index (χ1n) is 5.50. The fourth-order valence-electron chi connectivity index (χ4n) is 0.755. The van der Waals surface area contributed by atoms with E-state index in [4.69, 9.17) is 14.2 Å². The van der Waals surface area contributed by atoms with Gasteiger partial charge in [0.15, 0.2) is 0 Å². The van der Waals surface area contributed by atoms with Gasteiger partial charge in [-0.3, -0.25) is 4.58 Å². The molecule has 0 aliphatic rings. The summed E-state index contributed by atoms with van der Waals surface area (Å²) in [5.74, 6) is 0.375. The zero-order valence-corrected chi connectivity index (χ0v) is 12.2. The Bertz CT molecular complexity index is 175. The lowest BCUT2D eigenvalue weighted by atomic mass is 10.2. The number of rotatable bonds is 6. The summed E-state index contributed by atoms with van der Waals surface area (Å²) in [4.78, 5) is 5.32. The maximum Gasteiger partial charge on any atom is 0.238 e. The van der Waals surface area contributed by atoms with Gasteiger partial charge in [0.1, 0.15) is 0 Å². The predicted molar refractivity (Wildman–Crippen MR) is 65.3 cm³/mol. The minimum atomic E-state index is -1.76. The molecule has 15 heavy (non-hydrogen) atoms. The highest BCUT2D eigenvalue weighted by molar-refractivity contribution is 6.73. The largest absolute Gasteiger partial charge is 0.384 e. The molecule has 92 valence electrons. The number of ether oxygens (including phenoxy) is 1. The molecule has 0 heterocycles. The van der Waals surface area contributed by atoms with Gasteiger partial charge in [-0.25, -0.2) is 4.89 Å². The van der Waals surface area contributed by atoms with Crippen LogP contribution in [0.5, 0.6) is 0 Å². The van der Waals surface area contributed by atoms with Crippen molar-refractivity contribution in [1.82, 2.24) is 0 Å². The summed E-state index contributed by atoms with van der Waals surface area (Å²) in [6, 6.07) is 0. The second-order valence-corrected chi connectivity index (χ2v) is 10.4. The molecule has 0 aromatic heterocycles. The second kappa shape index (κ2) is 5.99. The Balaban J connectivity index is 3.85. The van der Waals surface area contributed by atoms with Crippen LogP contribution in [-0.2, 0) is 14.2 Å². The highest BCUT2D eigenvalue weighted by Gasteiger charge is 2.39. The normalized spacial score (nSPS) is 15.4. The van der Waals surface area contributed by atoms with Gasteiger partial charge in [-0.1, -0.05) is 27.7 Å². The Kier molecular flexibility index (Phi) is 6.03. The van der Waals surface area contributed by atoms with Gasteiger partial charge >= 0.3 is 0 Å². The van der Waals surface area contributed by atoms with Crippen molar-refractivity contribution >= 4 is 8.32 Å². The van der Waals surface area contributed by atoms with E-state index in [0.29, 0.717) is 19.1 Å². The van der Waals surface area contributed by atoms with Gasteiger partial charge in [0.05, 0.1) is 13.2 Å².